The number of aromatic nitrogens is 2. The van der Waals surface area contributed by atoms with Crippen LogP contribution in [0, 0.1) is 0 Å². The highest BCUT2D eigenvalue weighted by Crippen LogP contribution is 2.27. The van der Waals surface area contributed by atoms with E-state index in [0.717, 1.165) is 27.0 Å². The summed E-state index contributed by atoms with van der Waals surface area (Å²) in [6.07, 6.45) is 1.83. The van der Waals surface area contributed by atoms with Gasteiger partial charge in [-0.05, 0) is 46.8 Å². The fraction of sp³-hybridized carbons (Fsp3) is 0.0476. The SMILES string of the molecule is C=Cc1ccc(CSc2nc3ccsc3c(=O)n2-c2ccc(Br)cc2)cc1. The topological polar surface area (TPSA) is 34.9 Å². The van der Waals surface area contributed by atoms with Crippen LogP contribution in [-0.2, 0) is 5.75 Å². The van der Waals surface area contributed by atoms with E-state index in [9.17, 15) is 4.79 Å². The van der Waals surface area contributed by atoms with E-state index in [1.807, 2.05) is 53.9 Å². The van der Waals surface area contributed by atoms with Crippen LogP contribution in [0.5, 0.6) is 0 Å². The van der Waals surface area contributed by atoms with Gasteiger partial charge in [0.05, 0.1) is 11.2 Å². The van der Waals surface area contributed by atoms with Gasteiger partial charge in [0, 0.05) is 10.2 Å². The molecule has 0 unspecified atom stereocenters. The standard InChI is InChI=1S/C21H15BrN2OS2/c1-2-14-3-5-15(6-4-14)13-27-21-23-18-11-12-26-19(18)20(25)24(21)17-9-7-16(22)8-10-17/h2-12H,1,13H2. The van der Waals surface area contributed by atoms with E-state index in [-0.39, 0.29) is 5.56 Å². The van der Waals surface area contributed by atoms with Gasteiger partial charge in [-0.1, -0.05) is 64.6 Å². The molecule has 27 heavy (non-hydrogen) atoms. The average Bonchev–Trinajstić information content (AvgIpc) is 3.17. The number of benzene rings is 2. The Morgan fingerprint density at radius 2 is 1.85 bits per heavy atom. The van der Waals surface area contributed by atoms with E-state index < -0.39 is 0 Å². The predicted molar refractivity (Wildman–Crippen MR) is 119 cm³/mol. The van der Waals surface area contributed by atoms with E-state index in [4.69, 9.17) is 4.98 Å². The number of hydrogen-bond acceptors (Lipinski definition) is 4. The lowest BCUT2D eigenvalue weighted by Crippen LogP contribution is -2.20. The average molecular weight is 455 g/mol. The Kier molecular flexibility index (Phi) is 5.29. The molecule has 2 aromatic carbocycles. The van der Waals surface area contributed by atoms with Crippen molar-refractivity contribution in [2.24, 2.45) is 0 Å². The molecule has 0 amide bonds. The van der Waals surface area contributed by atoms with Gasteiger partial charge in [-0.3, -0.25) is 9.36 Å². The van der Waals surface area contributed by atoms with Crippen LogP contribution in [0.2, 0.25) is 0 Å². The Morgan fingerprint density at radius 3 is 2.56 bits per heavy atom. The van der Waals surface area contributed by atoms with Crippen molar-refractivity contribution in [3.63, 3.8) is 0 Å². The van der Waals surface area contributed by atoms with Crippen molar-refractivity contribution in [3.05, 3.63) is 92.5 Å². The van der Waals surface area contributed by atoms with Crippen LogP contribution >= 0.6 is 39.0 Å². The first kappa shape index (κ1) is 18.2. The van der Waals surface area contributed by atoms with E-state index >= 15 is 0 Å². The lowest BCUT2D eigenvalue weighted by Gasteiger charge is -2.12. The maximum Gasteiger partial charge on any atom is 0.276 e. The predicted octanol–water partition coefficient (Wildman–Crippen LogP) is 6.15. The van der Waals surface area contributed by atoms with Crippen LogP contribution in [-0.4, -0.2) is 9.55 Å². The Hall–Kier alpha value is -2.15. The zero-order valence-electron chi connectivity index (χ0n) is 14.3. The second kappa shape index (κ2) is 7.84. The minimum Gasteiger partial charge on any atom is -0.267 e. The van der Waals surface area contributed by atoms with E-state index in [0.29, 0.717) is 9.86 Å². The summed E-state index contributed by atoms with van der Waals surface area (Å²) >= 11 is 6.44. The number of thioether (sulfide) groups is 1. The molecule has 134 valence electrons. The largest absolute Gasteiger partial charge is 0.276 e. The second-order valence-corrected chi connectivity index (χ2v) is 8.65. The molecular weight excluding hydrogens is 440 g/mol. The molecule has 0 spiro atoms. The first-order valence-electron chi connectivity index (χ1n) is 8.26. The van der Waals surface area contributed by atoms with Crippen molar-refractivity contribution in [3.8, 4) is 5.69 Å². The number of rotatable bonds is 5. The number of nitrogens with zero attached hydrogens (tertiary/aromatic N) is 2. The highest BCUT2D eigenvalue weighted by atomic mass is 79.9. The van der Waals surface area contributed by atoms with Gasteiger partial charge in [0.25, 0.3) is 5.56 Å². The van der Waals surface area contributed by atoms with Crippen LogP contribution < -0.4 is 5.56 Å². The molecule has 0 saturated heterocycles. The van der Waals surface area contributed by atoms with Crippen molar-refractivity contribution < 1.29 is 0 Å². The summed E-state index contributed by atoms with van der Waals surface area (Å²) < 4.78 is 3.35. The zero-order chi connectivity index (χ0) is 18.8. The van der Waals surface area contributed by atoms with Crippen LogP contribution in [0.15, 0.2) is 81.0 Å². The van der Waals surface area contributed by atoms with Crippen molar-refractivity contribution in [2.75, 3.05) is 0 Å². The van der Waals surface area contributed by atoms with Crippen LogP contribution in [0.25, 0.3) is 22.0 Å². The molecule has 2 aromatic heterocycles. The van der Waals surface area contributed by atoms with Gasteiger partial charge < -0.3 is 0 Å². The van der Waals surface area contributed by atoms with E-state index in [1.165, 1.54) is 16.9 Å². The molecule has 4 rings (SSSR count). The summed E-state index contributed by atoms with van der Waals surface area (Å²) in [4.78, 5) is 17.8. The normalized spacial score (nSPS) is 11.0. The summed E-state index contributed by atoms with van der Waals surface area (Å²) in [6, 6.07) is 17.9. The summed E-state index contributed by atoms with van der Waals surface area (Å²) in [7, 11) is 0. The molecule has 0 aliphatic rings. The molecule has 4 aromatic rings. The summed E-state index contributed by atoms with van der Waals surface area (Å²) in [5.41, 5.74) is 3.81. The number of thiophene rings is 1. The number of fused-ring (bicyclic) bond motifs is 1. The number of halogens is 1. The minimum absolute atomic E-state index is 0.0261. The molecule has 0 aliphatic heterocycles. The van der Waals surface area contributed by atoms with Crippen molar-refractivity contribution in [1.82, 2.24) is 9.55 Å². The van der Waals surface area contributed by atoms with Crippen LogP contribution in [0.4, 0.5) is 0 Å². The highest BCUT2D eigenvalue weighted by molar-refractivity contribution is 9.10. The fourth-order valence-corrected chi connectivity index (χ4v) is 4.70. The van der Waals surface area contributed by atoms with Crippen molar-refractivity contribution >= 4 is 55.3 Å². The Balaban J connectivity index is 1.75. The second-order valence-electron chi connectivity index (χ2n) is 5.88. The minimum atomic E-state index is -0.0261. The third-order valence-electron chi connectivity index (χ3n) is 4.12. The Labute approximate surface area is 173 Å². The van der Waals surface area contributed by atoms with Gasteiger partial charge in [-0.25, -0.2) is 4.98 Å². The Bertz CT molecular complexity index is 1160. The summed E-state index contributed by atoms with van der Waals surface area (Å²) in [5.74, 6) is 0.732. The fourth-order valence-electron chi connectivity index (χ4n) is 2.70. The van der Waals surface area contributed by atoms with Gasteiger partial charge in [0.1, 0.15) is 4.70 Å². The van der Waals surface area contributed by atoms with Gasteiger partial charge in [-0.15, -0.1) is 11.3 Å². The molecule has 2 heterocycles. The van der Waals surface area contributed by atoms with Gasteiger partial charge in [0.15, 0.2) is 5.16 Å². The molecule has 0 radical (unpaired) electrons. The molecular formula is C21H15BrN2OS2. The van der Waals surface area contributed by atoms with Gasteiger partial charge in [-0.2, -0.15) is 0 Å². The maximum atomic E-state index is 13.1. The molecule has 0 bridgehead atoms. The quantitative estimate of drug-likeness (QED) is 0.268. The summed E-state index contributed by atoms with van der Waals surface area (Å²) in [6.45, 7) is 3.78. The van der Waals surface area contributed by atoms with Crippen LogP contribution in [0.3, 0.4) is 0 Å². The molecule has 0 atom stereocenters. The monoisotopic (exact) mass is 454 g/mol. The molecule has 6 heteroatoms. The molecule has 0 N–H and O–H groups in total. The van der Waals surface area contributed by atoms with Crippen molar-refractivity contribution in [1.29, 1.82) is 0 Å². The lowest BCUT2D eigenvalue weighted by molar-refractivity contribution is 0.822. The van der Waals surface area contributed by atoms with Crippen molar-refractivity contribution in [2.45, 2.75) is 10.9 Å². The maximum absolute atomic E-state index is 13.1. The first-order valence-corrected chi connectivity index (χ1v) is 10.9. The van der Waals surface area contributed by atoms with E-state index in [2.05, 4.69) is 34.6 Å². The first-order chi connectivity index (χ1) is 13.2. The molecule has 0 fully saturated rings. The number of hydrogen-bond donors (Lipinski definition) is 0. The summed E-state index contributed by atoms with van der Waals surface area (Å²) in [5, 5.41) is 2.61. The lowest BCUT2D eigenvalue weighted by atomic mass is 10.1. The smallest absolute Gasteiger partial charge is 0.267 e. The van der Waals surface area contributed by atoms with E-state index in [1.54, 1.807) is 16.3 Å². The van der Waals surface area contributed by atoms with Gasteiger partial charge >= 0.3 is 0 Å². The third-order valence-corrected chi connectivity index (χ3v) is 6.55. The molecule has 0 aliphatic carbocycles. The third kappa shape index (κ3) is 3.78. The zero-order valence-corrected chi connectivity index (χ0v) is 17.5. The molecule has 3 nitrogen and oxygen atoms in total. The molecule has 0 saturated carbocycles. The Morgan fingerprint density at radius 1 is 1.11 bits per heavy atom. The van der Waals surface area contributed by atoms with Gasteiger partial charge in [0.2, 0.25) is 0 Å². The highest BCUT2D eigenvalue weighted by Gasteiger charge is 2.14. The van der Waals surface area contributed by atoms with Crippen LogP contribution in [0.1, 0.15) is 11.1 Å².